The minimum absolute atomic E-state index is 0.217. The van der Waals surface area contributed by atoms with E-state index in [1.807, 2.05) is 0 Å². The Labute approximate surface area is 276 Å². The number of esters is 2. The maximum atomic E-state index is 12.3. The molecule has 2 atom stereocenters. The third-order valence-corrected chi connectivity index (χ3v) is 9.15. The van der Waals surface area contributed by atoms with Crippen LogP contribution in [-0.4, -0.2) is 41.0 Å². The fraction of sp³-hybridized carbons (Fsp3) is 0.944. The number of hydrogen-bond acceptors (Lipinski definition) is 6. The van der Waals surface area contributed by atoms with Crippen molar-refractivity contribution in [3.8, 4) is 0 Å². The van der Waals surface area contributed by atoms with E-state index in [1.54, 1.807) is 0 Å². The number of unbranched alkanes of at least 4 members (excludes halogenated alkanes) is 21. The molecule has 0 rings (SSSR count). The Kier molecular flexibility index (Phi) is 31.0. The predicted molar refractivity (Wildman–Crippen MR) is 184 cm³/mol. The maximum Gasteiger partial charge on any atom is 0.469 e. The van der Waals surface area contributed by atoms with Crippen molar-refractivity contribution < 1.29 is 37.9 Å². The highest BCUT2D eigenvalue weighted by Crippen LogP contribution is 2.36. The van der Waals surface area contributed by atoms with Crippen LogP contribution in [0.25, 0.3) is 0 Å². The first kappa shape index (κ1) is 44.0. The lowest BCUT2D eigenvalue weighted by Crippen LogP contribution is -2.29. The summed E-state index contributed by atoms with van der Waals surface area (Å²) in [4.78, 5) is 42.5. The molecule has 8 nitrogen and oxygen atoms in total. The zero-order chi connectivity index (χ0) is 33.4. The molecular weight excluding hydrogens is 591 g/mol. The molecule has 0 aliphatic heterocycles. The van der Waals surface area contributed by atoms with E-state index >= 15 is 0 Å². The first-order valence-electron chi connectivity index (χ1n) is 18.7. The van der Waals surface area contributed by atoms with Gasteiger partial charge in [0.05, 0.1) is 6.61 Å². The molecule has 9 heteroatoms. The molecule has 0 saturated heterocycles. The van der Waals surface area contributed by atoms with Crippen LogP contribution in [0.15, 0.2) is 0 Å². The quantitative estimate of drug-likeness (QED) is 0.0397. The standard InChI is InChI=1S/C36H71O8P/c1-4-6-7-8-9-16-21-24-27-30-36(38)44-34(32-43-45(39,40)41)31-42-35(37)29-26-23-20-18-15-13-11-10-12-14-17-19-22-25-28-33(3)5-2/h33-34H,4-32H2,1-3H3,(H2,39,40,41)/t33?,34-/m1/s1. The van der Waals surface area contributed by atoms with Crippen LogP contribution in [0, 0.1) is 5.92 Å². The van der Waals surface area contributed by atoms with Crippen molar-refractivity contribution in [3.63, 3.8) is 0 Å². The number of ether oxygens (including phenoxy) is 2. The van der Waals surface area contributed by atoms with E-state index in [4.69, 9.17) is 19.3 Å². The lowest BCUT2D eigenvalue weighted by molar-refractivity contribution is -0.161. The molecule has 0 aromatic heterocycles. The van der Waals surface area contributed by atoms with E-state index in [2.05, 4.69) is 25.3 Å². The van der Waals surface area contributed by atoms with Gasteiger partial charge in [-0.2, -0.15) is 0 Å². The molecule has 0 bridgehead atoms. The number of carbonyl (C=O) groups is 2. The van der Waals surface area contributed by atoms with E-state index in [0.29, 0.717) is 6.42 Å². The second-order valence-electron chi connectivity index (χ2n) is 13.2. The van der Waals surface area contributed by atoms with E-state index in [-0.39, 0.29) is 19.4 Å². The normalized spacial score (nSPS) is 13.1. The van der Waals surface area contributed by atoms with E-state index < -0.39 is 32.5 Å². The van der Waals surface area contributed by atoms with Crippen molar-refractivity contribution in [3.05, 3.63) is 0 Å². The lowest BCUT2D eigenvalue weighted by atomic mass is 9.99. The van der Waals surface area contributed by atoms with E-state index in [0.717, 1.165) is 44.4 Å². The fourth-order valence-corrected chi connectivity index (χ4v) is 5.83. The Balaban J connectivity index is 3.86. The van der Waals surface area contributed by atoms with Gasteiger partial charge in [-0.05, 0) is 18.8 Å². The number of phosphoric acid groups is 1. The minimum atomic E-state index is -4.74. The van der Waals surface area contributed by atoms with Crippen molar-refractivity contribution >= 4 is 19.8 Å². The van der Waals surface area contributed by atoms with Crippen molar-refractivity contribution in [2.24, 2.45) is 5.92 Å². The fourth-order valence-electron chi connectivity index (χ4n) is 5.47. The first-order valence-corrected chi connectivity index (χ1v) is 20.3. The lowest BCUT2D eigenvalue weighted by Gasteiger charge is -2.18. The van der Waals surface area contributed by atoms with Gasteiger partial charge < -0.3 is 19.3 Å². The molecule has 0 radical (unpaired) electrons. The van der Waals surface area contributed by atoms with Gasteiger partial charge in [0.1, 0.15) is 6.61 Å². The van der Waals surface area contributed by atoms with Crippen LogP contribution in [0.3, 0.4) is 0 Å². The summed E-state index contributed by atoms with van der Waals surface area (Å²) >= 11 is 0. The zero-order valence-electron chi connectivity index (χ0n) is 29.5. The Hall–Kier alpha value is -0.950. The smallest absolute Gasteiger partial charge is 0.462 e. The molecular formula is C36H71O8P. The molecule has 0 spiro atoms. The molecule has 0 heterocycles. The third-order valence-electron chi connectivity index (χ3n) is 8.67. The molecule has 1 unspecified atom stereocenters. The van der Waals surface area contributed by atoms with Crippen LogP contribution < -0.4 is 0 Å². The van der Waals surface area contributed by atoms with E-state index in [1.165, 1.54) is 116 Å². The highest BCUT2D eigenvalue weighted by Gasteiger charge is 2.22. The topological polar surface area (TPSA) is 119 Å². The van der Waals surface area contributed by atoms with E-state index in [9.17, 15) is 14.2 Å². The molecule has 0 aromatic carbocycles. The highest BCUT2D eigenvalue weighted by atomic mass is 31.2. The monoisotopic (exact) mass is 662 g/mol. The number of carbonyl (C=O) groups excluding carboxylic acids is 2. The van der Waals surface area contributed by atoms with Crippen LogP contribution in [0.5, 0.6) is 0 Å². The van der Waals surface area contributed by atoms with Crippen molar-refractivity contribution in [1.29, 1.82) is 0 Å². The average molecular weight is 663 g/mol. The molecule has 0 aliphatic carbocycles. The number of hydrogen-bond donors (Lipinski definition) is 2. The number of rotatable bonds is 34. The highest BCUT2D eigenvalue weighted by molar-refractivity contribution is 7.46. The molecule has 0 amide bonds. The summed E-state index contributed by atoms with van der Waals surface area (Å²) in [6, 6.07) is 0. The van der Waals surface area contributed by atoms with Gasteiger partial charge in [-0.3, -0.25) is 14.1 Å². The van der Waals surface area contributed by atoms with Crippen LogP contribution in [0.1, 0.15) is 194 Å². The molecule has 0 aromatic rings. The minimum Gasteiger partial charge on any atom is -0.462 e. The summed E-state index contributed by atoms with van der Waals surface area (Å²) < 4.78 is 26.2. The summed E-state index contributed by atoms with van der Waals surface area (Å²) in [7, 11) is -4.74. The Morgan fingerprint density at radius 1 is 0.578 bits per heavy atom. The van der Waals surface area contributed by atoms with Gasteiger partial charge in [-0.15, -0.1) is 0 Å². The van der Waals surface area contributed by atoms with Crippen molar-refractivity contribution in [2.75, 3.05) is 13.2 Å². The molecule has 2 N–H and O–H groups in total. The molecule has 0 aliphatic rings. The zero-order valence-corrected chi connectivity index (χ0v) is 30.3. The van der Waals surface area contributed by atoms with Gasteiger partial charge >= 0.3 is 19.8 Å². The van der Waals surface area contributed by atoms with Crippen LogP contribution in [0.4, 0.5) is 0 Å². The second-order valence-corrected chi connectivity index (χ2v) is 14.4. The van der Waals surface area contributed by atoms with Gasteiger partial charge in [0.25, 0.3) is 0 Å². The molecule has 0 fully saturated rings. The van der Waals surface area contributed by atoms with Gasteiger partial charge in [-0.1, -0.05) is 168 Å². The summed E-state index contributed by atoms with van der Waals surface area (Å²) in [6.45, 7) is 6.04. The summed E-state index contributed by atoms with van der Waals surface area (Å²) in [6.07, 6.45) is 29.7. The van der Waals surface area contributed by atoms with Crippen LogP contribution >= 0.6 is 7.82 Å². The predicted octanol–water partition coefficient (Wildman–Crippen LogP) is 10.8. The Bertz CT molecular complexity index is 726. The summed E-state index contributed by atoms with van der Waals surface area (Å²) in [5, 5.41) is 0. The van der Waals surface area contributed by atoms with Crippen molar-refractivity contribution in [1.82, 2.24) is 0 Å². The molecule has 45 heavy (non-hydrogen) atoms. The van der Waals surface area contributed by atoms with Gasteiger partial charge in [0.2, 0.25) is 0 Å². The van der Waals surface area contributed by atoms with Crippen molar-refractivity contribution in [2.45, 2.75) is 200 Å². The van der Waals surface area contributed by atoms with Crippen LogP contribution in [0.2, 0.25) is 0 Å². The van der Waals surface area contributed by atoms with Gasteiger partial charge in [0, 0.05) is 12.8 Å². The molecule has 268 valence electrons. The Morgan fingerprint density at radius 2 is 0.978 bits per heavy atom. The summed E-state index contributed by atoms with van der Waals surface area (Å²) in [5.41, 5.74) is 0. The first-order chi connectivity index (χ1) is 21.7. The summed E-state index contributed by atoms with van der Waals surface area (Å²) in [5.74, 6) is 0.00768. The second kappa shape index (κ2) is 31.6. The SMILES string of the molecule is CCCCCCCCCCCC(=O)O[C@H](COC(=O)CCCCCCCCCCCCCCCCC(C)CC)COP(=O)(O)O. The average Bonchev–Trinajstić information content (AvgIpc) is 3.00. The number of phosphoric ester groups is 1. The van der Waals surface area contributed by atoms with Gasteiger partial charge in [-0.25, -0.2) is 4.57 Å². The largest absolute Gasteiger partial charge is 0.469 e. The molecule has 0 saturated carbocycles. The Morgan fingerprint density at radius 3 is 1.40 bits per heavy atom. The third kappa shape index (κ3) is 34.2. The van der Waals surface area contributed by atoms with Crippen LogP contribution in [-0.2, 0) is 28.2 Å². The maximum absolute atomic E-state index is 12.3. The van der Waals surface area contributed by atoms with Gasteiger partial charge in [0.15, 0.2) is 6.10 Å².